The van der Waals surface area contributed by atoms with E-state index in [1.54, 1.807) is 0 Å². The minimum absolute atomic E-state index is 0.0878. The fraction of sp³-hybridized carbons (Fsp3) is 0.273. The molecule has 16 heteroatoms. The largest absolute Gasteiger partial charge is 0.382 e. The Labute approximate surface area is 215 Å². The van der Waals surface area contributed by atoms with Crippen LogP contribution in [-0.2, 0) is 29.0 Å². The number of nitrogens with zero attached hydrogens (tertiary/aromatic N) is 3. The second kappa shape index (κ2) is 13.1. The number of hydrogen-bond donors (Lipinski definition) is 3. The van der Waals surface area contributed by atoms with Crippen LogP contribution in [0, 0.1) is 11.6 Å². The van der Waals surface area contributed by atoms with E-state index in [-0.39, 0.29) is 29.7 Å². The molecular formula is C22H24F2N6O7S. The van der Waals surface area contributed by atoms with E-state index < -0.39 is 51.6 Å². The Morgan fingerprint density at radius 3 is 2.26 bits per heavy atom. The molecule has 0 unspecified atom stereocenters. The number of primary sulfonamides is 1. The number of rotatable bonds is 13. The summed E-state index contributed by atoms with van der Waals surface area (Å²) >= 11 is 0. The third-order valence-corrected chi connectivity index (χ3v) is 5.63. The van der Waals surface area contributed by atoms with E-state index in [1.807, 2.05) is 0 Å². The number of benzene rings is 2. The van der Waals surface area contributed by atoms with Crippen LogP contribution in [-0.4, -0.2) is 75.1 Å². The molecule has 1 amide bonds. The first kappa shape index (κ1) is 28.7. The lowest BCUT2D eigenvalue weighted by atomic mass is 10.2. The van der Waals surface area contributed by atoms with Crippen molar-refractivity contribution in [2.24, 2.45) is 5.14 Å². The lowest BCUT2D eigenvalue weighted by Gasteiger charge is -2.08. The van der Waals surface area contributed by atoms with Gasteiger partial charge in [0.15, 0.2) is 0 Å². The van der Waals surface area contributed by atoms with Crippen molar-refractivity contribution >= 4 is 39.4 Å². The maximum atomic E-state index is 14.3. The van der Waals surface area contributed by atoms with Gasteiger partial charge in [-0.05, 0) is 36.4 Å². The quantitative estimate of drug-likeness (QED) is 0.261. The zero-order valence-corrected chi connectivity index (χ0v) is 20.8. The third kappa shape index (κ3) is 7.83. The smallest absolute Gasteiger partial charge is 0.287 e. The summed E-state index contributed by atoms with van der Waals surface area (Å²) in [6.07, 6.45) is 0. The highest BCUT2D eigenvalue weighted by Gasteiger charge is 2.25. The van der Waals surface area contributed by atoms with Gasteiger partial charge in [0.05, 0.1) is 31.3 Å². The first-order valence-corrected chi connectivity index (χ1v) is 12.4. The molecular weight excluding hydrogens is 530 g/mol. The molecule has 0 aliphatic carbocycles. The van der Waals surface area contributed by atoms with Crippen LogP contribution in [0.25, 0.3) is 0 Å². The van der Waals surface area contributed by atoms with Crippen LogP contribution in [0.1, 0.15) is 10.4 Å². The Balaban J connectivity index is 1.79. The minimum Gasteiger partial charge on any atom is -0.382 e. The zero-order chi connectivity index (χ0) is 27.7. The third-order valence-electron chi connectivity index (χ3n) is 4.70. The van der Waals surface area contributed by atoms with E-state index in [4.69, 9.17) is 19.3 Å². The van der Waals surface area contributed by atoms with Crippen molar-refractivity contribution in [3.05, 3.63) is 59.7 Å². The molecule has 1 aromatic heterocycles. The Morgan fingerprint density at radius 1 is 1.00 bits per heavy atom. The standard InChI is InChI=1S/C22H24F2N6O7S/c1-35-9-10-36-11-12-37-13-18(31)27-22-28-21(26-14-5-7-15(8-6-14)38(25,33)34)29-30(22)20(32)19-16(23)3-2-4-17(19)24/h2-8H,9-13H2,1H3,(H2,25,33,34)(H2,26,27,28,29,31). The number of anilines is 3. The van der Waals surface area contributed by atoms with Crippen molar-refractivity contribution in [1.29, 1.82) is 0 Å². The number of sulfonamides is 1. The molecule has 1 heterocycles. The molecule has 3 rings (SSSR count). The van der Waals surface area contributed by atoms with Crippen LogP contribution in [0.5, 0.6) is 0 Å². The van der Waals surface area contributed by atoms with Gasteiger partial charge in [0, 0.05) is 12.8 Å². The minimum atomic E-state index is -3.93. The van der Waals surface area contributed by atoms with Gasteiger partial charge in [-0.1, -0.05) is 6.07 Å². The lowest BCUT2D eigenvalue weighted by molar-refractivity contribution is -0.121. The van der Waals surface area contributed by atoms with Gasteiger partial charge < -0.3 is 19.5 Å². The number of nitrogens with one attached hydrogen (secondary N) is 2. The van der Waals surface area contributed by atoms with Gasteiger partial charge in [-0.3, -0.25) is 14.9 Å². The lowest BCUT2D eigenvalue weighted by Crippen LogP contribution is -2.25. The van der Waals surface area contributed by atoms with Gasteiger partial charge in [-0.2, -0.15) is 9.67 Å². The second-order valence-electron chi connectivity index (χ2n) is 7.47. The average Bonchev–Trinajstić information content (AvgIpc) is 3.24. The highest BCUT2D eigenvalue weighted by molar-refractivity contribution is 7.89. The Hall–Kier alpha value is -3.83. The van der Waals surface area contributed by atoms with E-state index in [2.05, 4.69) is 20.7 Å². The van der Waals surface area contributed by atoms with Gasteiger partial charge in [-0.15, -0.1) is 5.10 Å². The number of nitrogens with two attached hydrogens (primary N) is 1. The average molecular weight is 555 g/mol. The van der Waals surface area contributed by atoms with Crippen molar-refractivity contribution in [1.82, 2.24) is 14.8 Å². The van der Waals surface area contributed by atoms with Gasteiger partial charge >= 0.3 is 0 Å². The van der Waals surface area contributed by atoms with Crippen LogP contribution in [0.15, 0.2) is 47.4 Å². The van der Waals surface area contributed by atoms with Gasteiger partial charge in [0.1, 0.15) is 23.8 Å². The fourth-order valence-corrected chi connectivity index (χ4v) is 3.46. The summed E-state index contributed by atoms with van der Waals surface area (Å²) in [5.41, 5.74) is -0.629. The Bertz CT molecular complexity index is 1360. The molecule has 0 aliphatic rings. The first-order valence-electron chi connectivity index (χ1n) is 10.9. The Kier molecular flexibility index (Phi) is 9.91. The summed E-state index contributed by atoms with van der Waals surface area (Å²) < 4.78 is 67.1. The maximum Gasteiger partial charge on any atom is 0.287 e. The number of carbonyl (C=O) groups is 2. The zero-order valence-electron chi connectivity index (χ0n) is 20.0. The number of carbonyl (C=O) groups excluding carboxylic acids is 2. The SMILES string of the molecule is COCCOCCOCC(=O)Nc1nc(Nc2ccc(S(N)(=O)=O)cc2)nn1C(=O)c1c(F)cccc1F. The normalized spacial score (nSPS) is 11.4. The van der Waals surface area contributed by atoms with E-state index >= 15 is 0 Å². The highest BCUT2D eigenvalue weighted by atomic mass is 32.2. The van der Waals surface area contributed by atoms with E-state index in [0.29, 0.717) is 17.9 Å². The molecule has 0 atom stereocenters. The maximum absolute atomic E-state index is 14.3. The molecule has 0 spiro atoms. The van der Waals surface area contributed by atoms with E-state index in [1.165, 1.54) is 31.4 Å². The van der Waals surface area contributed by atoms with Crippen molar-refractivity contribution < 1.29 is 41.0 Å². The molecule has 0 saturated heterocycles. The molecule has 0 saturated carbocycles. The number of aromatic nitrogens is 3. The predicted molar refractivity (Wildman–Crippen MR) is 129 cm³/mol. The number of hydrogen-bond acceptors (Lipinski definition) is 10. The van der Waals surface area contributed by atoms with Crippen LogP contribution in [0.3, 0.4) is 0 Å². The summed E-state index contributed by atoms with van der Waals surface area (Å²) in [6, 6.07) is 7.99. The first-order chi connectivity index (χ1) is 18.1. The summed E-state index contributed by atoms with van der Waals surface area (Å²) in [6.45, 7) is 0.602. The van der Waals surface area contributed by atoms with Crippen molar-refractivity contribution in [3.63, 3.8) is 0 Å². The van der Waals surface area contributed by atoms with Crippen molar-refractivity contribution in [2.75, 3.05) is 50.8 Å². The molecule has 4 N–H and O–H groups in total. The predicted octanol–water partition coefficient (Wildman–Crippen LogP) is 1.25. The van der Waals surface area contributed by atoms with E-state index in [9.17, 15) is 26.8 Å². The molecule has 2 aromatic carbocycles. The van der Waals surface area contributed by atoms with Crippen LogP contribution in [0.2, 0.25) is 0 Å². The summed E-state index contributed by atoms with van der Waals surface area (Å²) in [5, 5.41) is 14.0. The van der Waals surface area contributed by atoms with Gasteiger partial charge in [-0.25, -0.2) is 22.3 Å². The molecule has 3 aromatic rings. The molecule has 204 valence electrons. The van der Waals surface area contributed by atoms with Crippen molar-refractivity contribution in [3.8, 4) is 0 Å². The highest BCUT2D eigenvalue weighted by Crippen LogP contribution is 2.20. The number of methoxy groups -OCH3 is 1. The van der Waals surface area contributed by atoms with Crippen LogP contribution < -0.4 is 15.8 Å². The van der Waals surface area contributed by atoms with E-state index in [0.717, 1.165) is 18.2 Å². The monoisotopic (exact) mass is 554 g/mol. The van der Waals surface area contributed by atoms with Crippen LogP contribution in [0.4, 0.5) is 26.4 Å². The van der Waals surface area contributed by atoms with Gasteiger partial charge in [0.25, 0.3) is 11.8 Å². The molecule has 0 aliphatic heterocycles. The summed E-state index contributed by atoms with van der Waals surface area (Å²) in [5.74, 6) is -4.97. The topological polar surface area (TPSA) is 177 Å². The summed E-state index contributed by atoms with van der Waals surface area (Å²) in [7, 11) is -2.40. The molecule has 0 bridgehead atoms. The molecule has 13 nitrogen and oxygen atoms in total. The summed E-state index contributed by atoms with van der Waals surface area (Å²) in [4.78, 5) is 29.2. The molecule has 0 radical (unpaired) electrons. The number of halogens is 2. The fourth-order valence-electron chi connectivity index (χ4n) is 2.94. The Morgan fingerprint density at radius 2 is 1.63 bits per heavy atom. The molecule has 0 fully saturated rings. The number of ether oxygens (including phenoxy) is 3. The second-order valence-corrected chi connectivity index (χ2v) is 9.03. The van der Waals surface area contributed by atoms with Crippen LogP contribution >= 0.6 is 0 Å². The number of amides is 1. The van der Waals surface area contributed by atoms with Gasteiger partial charge in [0.2, 0.25) is 21.9 Å². The molecule has 38 heavy (non-hydrogen) atoms. The van der Waals surface area contributed by atoms with Crippen molar-refractivity contribution in [2.45, 2.75) is 4.90 Å².